The molecule has 0 saturated carbocycles. The monoisotopic (exact) mass is 693 g/mol. The molecule has 7 unspecified atom stereocenters. The zero-order valence-corrected chi connectivity index (χ0v) is 29.5. The molecule has 0 radical (unpaired) electrons. The number of esters is 3. The quantitative estimate of drug-likeness (QED) is 0.0233. The smallest absolute Gasteiger partial charge is 0.306 e. The first-order valence-corrected chi connectivity index (χ1v) is 18.2. The summed E-state index contributed by atoms with van der Waals surface area (Å²) in [4.78, 5) is 37.2. The summed E-state index contributed by atoms with van der Waals surface area (Å²) < 4.78 is 16.2. The molecule has 0 rings (SSSR count). The third-order valence-corrected chi connectivity index (χ3v) is 8.31. The Balaban J connectivity index is 4.49. The highest BCUT2D eigenvalue weighted by molar-refractivity contribution is 5.71. The normalized spacial score (nSPS) is 15.9. The molecule has 0 aliphatic heterocycles. The Kier molecular flexibility index (Phi) is 28.8. The van der Waals surface area contributed by atoms with Gasteiger partial charge in [0.15, 0.2) is 6.10 Å². The molecule has 0 spiro atoms. The van der Waals surface area contributed by atoms with Crippen LogP contribution in [0, 0.1) is 0 Å². The van der Waals surface area contributed by atoms with E-state index in [2.05, 4.69) is 0 Å². The van der Waals surface area contributed by atoms with Crippen LogP contribution in [0.4, 0.5) is 0 Å². The van der Waals surface area contributed by atoms with E-state index < -0.39 is 60.8 Å². The summed E-state index contributed by atoms with van der Waals surface area (Å²) in [5.41, 5.74) is 5.23. The van der Waals surface area contributed by atoms with Gasteiger partial charge in [-0.05, 0) is 52.4 Å². The molecule has 0 bridgehead atoms. The van der Waals surface area contributed by atoms with E-state index in [9.17, 15) is 39.9 Å². The van der Waals surface area contributed by atoms with Gasteiger partial charge in [-0.15, -0.1) is 0 Å². The molecule has 0 fully saturated rings. The summed E-state index contributed by atoms with van der Waals surface area (Å²) in [5.74, 6) is -1.34. The highest BCUT2D eigenvalue weighted by Gasteiger charge is 2.20. The van der Waals surface area contributed by atoms with Crippen molar-refractivity contribution in [1.82, 2.24) is 0 Å². The molecule has 13 nitrogen and oxygen atoms in total. The summed E-state index contributed by atoms with van der Waals surface area (Å²) in [5, 5.41) is 56.6. The fraction of sp³-hybridized carbons (Fsp3) is 0.914. The minimum Gasteiger partial charge on any atom is -0.462 e. The summed E-state index contributed by atoms with van der Waals surface area (Å²) in [6, 6.07) is 0. The number of nitrogens with two attached hydrogens (primary N) is 1. The van der Waals surface area contributed by atoms with Crippen LogP contribution in [-0.2, 0) is 28.6 Å². The van der Waals surface area contributed by atoms with Crippen LogP contribution in [0.15, 0.2) is 0 Å². The summed E-state index contributed by atoms with van der Waals surface area (Å²) in [6.07, 6.45) is 7.78. The van der Waals surface area contributed by atoms with Crippen molar-refractivity contribution in [2.75, 3.05) is 13.2 Å². The Morgan fingerprint density at radius 3 is 1.15 bits per heavy atom. The fourth-order valence-electron chi connectivity index (χ4n) is 4.99. The number of unbranched alkanes of at least 4 members (excludes halogenated alkanes) is 12. The standard InChI is InChI=1S/C35H67NO12/c1-26(37)29(39)18-12-6-3-9-15-21-32(42)46-24-28(48-34(44)23-17-11-4-7-13-19-30(40)27(2)38)25-47-33(43)22-16-10-5-8-14-20-31(41)35(36)45/h26-31,35,37-41,45H,3-25,36H2,1-2H3. The third-order valence-electron chi connectivity index (χ3n) is 8.31. The van der Waals surface area contributed by atoms with E-state index in [1.165, 1.54) is 0 Å². The minimum absolute atomic E-state index is 0.171. The maximum atomic E-state index is 12.5. The van der Waals surface area contributed by atoms with Crippen molar-refractivity contribution >= 4 is 17.9 Å². The zero-order valence-electron chi connectivity index (χ0n) is 29.5. The molecule has 8 N–H and O–H groups in total. The van der Waals surface area contributed by atoms with E-state index in [1.54, 1.807) is 13.8 Å². The van der Waals surface area contributed by atoms with Crippen molar-refractivity contribution in [3.63, 3.8) is 0 Å². The molecule has 0 aromatic rings. The average molecular weight is 694 g/mol. The number of rotatable bonds is 32. The van der Waals surface area contributed by atoms with Crippen molar-refractivity contribution < 1.29 is 59.2 Å². The number of hydrogen-bond acceptors (Lipinski definition) is 13. The number of aliphatic hydroxyl groups excluding tert-OH is 6. The zero-order chi connectivity index (χ0) is 36.2. The molecule has 13 heteroatoms. The van der Waals surface area contributed by atoms with E-state index in [1.807, 2.05) is 0 Å². The lowest BCUT2D eigenvalue weighted by Crippen LogP contribution is -2.33. The van der Waals surface area contributed by atoms with Crippen LogP contribution in [0.5, 0.6) is 0 Å². The predicted octanol–water partition coefficient (Wildman–Crippen LogP) is 3.30. The molecule has 284 valence electrons. The highest BCUT2D eigenvalue weighted by Crippen LogP contribution is 2.14. The Morgan fingerprint density at radius 1 is 0.479 bits per heavy atom. The van der Waals surface area contributed by atoms with Crippen molar-refractivity contribution in [1.29, 1.82) is 0 Å². The highest BCUT2D eigenvalue weighted by atomic mass is 16.6. The van der Waals surface area contributed by atoms with Crippen molar-refractivity contribution in [3.8, 4) is 0 Å². The van der Waals surface area contributed by atoms with Crippen LogP contribution >= 0.6 is 0 Å². The van der Waals surface area contributed by atoms with Crippen molar-refractivity contribution in [2.45, 2.75) is 192 Å². The molecule has 48 heavy (non-hydrogen) atoms. The first kappa shape index (κ1) is 46.1. The lowest BCUT2D eigenvalue weighted by molar-refractivity contribution is -0.167. The Labute approximate surface area is 287 Å². The second-order valence-electron chi connectivity index (χ2n) is 13.1. The first-order chi connectivity index (χ1) is 22.8. The SMILES string of the molecule is CC(O)C(O)CCCCCCCC(=O)OCC(COC(=O)CCCCCCCC(O)C(N)O)OC(=O)CCCCCCCC(O)C(C)O. The number of carbonyl (C=O) groups excluding carboxylic acids is 3. The first-order valence-electron chi connectivity index (χ1n) is 18.2. The van der Waals surface area contributed by atoms with Gasteiger partial charge in [0.1, 0.15) is 19.4 Å². The van der Waals surface area contributed by atoms with Gasteiger partial charge in [-0.1, -0.05) is 77.0 Å². The van der Waals surface area contributed by atoms with E-state index in [-0.39, 0.29) is 32.5 Å². The number of hydrogen-bond donors (Lipinski definition) is 7. The Bertz CT molecular complexity index is 766. The van der Waals surface area contributed by atoms with Crippen LogP contribution < -0.4 is 5.73 Å². The van der Waals surface area contributed by atoms with E-state index in [0.717, 1.165) is 77.0 Å². The Hall–Kier alpha value is -1.87. The maximum Gasteiger partial charge on any atom is 0.306 e. The van der Waals surface area contributed by atoms with Gasteiger partial charge in [0.25, 0.3) is 0 Å². The molecular weight excluding hydrogens is 626 g/mol. The topological polar surface area (TPSA) is 226 Å². The Morgan fingerprint density at radius 2 is 0.792 bits per heavy atom. The van der Waals surface area contributed by atoms with Crippen LogP contribution in [0.2, 0.25) is 0 Å². The van der Waals surface area contributed by atoms with Gasteiger partial charge in [0.05, 0.1) is 30.5 Å². The fourth-order valence-corrected chi connectivity index (χ4v) is 4.99. The van der Waals surface area contributed by atoms with Gasteiger partial charge in [-0.2, -0.15) is 0 Å². The summed E-state index contributed by atoms with van der Waals surface area (Å²) in [6.45, 7) is 2.68. The second kappa shape index (κ2) is 30.0. The molecule has 0 amide bonds. The molecule has 0 saturated heterocycles. The van der Waals surface area contributed by atoms with Gasteiger partial charge in [-0.3, -0.25) is 14.4 Å². The van der Waals surface area contributed by atoms with Crippen LogP contribution in [0.25, 0.3) is 0 Å². The lowest BCUT2D eigenvalue weighted by Gasteiger charge is -2.18. The van der Waals surface area contributed by atoms with Crippen LogP contribution in [0.1, 0.15) is 149 Å². The largest absolute Gasteiger partial charge is 0.462 e. The van der Waals surface area contributed by atoms with Gasteiger partial charge < -0.3 is 50.6 Å². The van der Waals surface area contributed by atoms with Crippen molar-refractivity contribution in [3.05, 3.63) is 0 Å². The molecule has 7 atom stereocenters. The molecule has 0 heterocycles. The number of ether oxygens (including phenoxy) is 3. The molecule has 0 aliphatic rings. The van der Waals surface area contributed by atoms with E-state index in [0.29, 0.717) is 38.5 Å². The van der Waals surface area contributed by atoms with Crippen LogP contribution in [0.3, 0.4) is 0 Å². The molecular formula is C35H67NO12. The van der Waals surface area contributed by atoms with Gasteiger partial charge in [0.2, 0.25) is 0 Å². The van der Waals surface area contributed by atoms with E-state index >= 15 is 0 Å². The van der Waals surface area contributed by atoms with Crippen LogP contribution in [-0.4, -0.2) is 105 Å². The van der Waals surface area contributed by atoms with Gasteiger partial charge in [-0.25, -0.2) is 0 Å². The van der Waals surface area contributed by atoms with Gasteiger partial charge >= 0.3 is 17.9 Å². The number of carbonyl (C=O) groups is 3. The summed E-state index contributed by atoms with van der Waals surface area (Å²) in [7, 11) is 0. The molecule has 0 aromatic heterocycles. The van der Waals surface area contributed by atoms with E-state index in [4.69, 9.17) is 25.1 Å². The van der Waals surface area contributed by atoms with Crippen molar-refractivity contribution in [2.24, 2.45) is 5.73 Å². The third kappa shape index (κ3) is 28.0. The number of aliphatic hydroxyl groups is 6. The average Bonchev–Trinajstić information content (AvgIpc) is 3.03. The predicted molar refractivity (Wildman–Crippen MR) is 180 cm³/mol. The maximum absolute atomic E-state index is 12.5. The minimum atomic E-state index is -1.24. The molecule has 0 aliphatic carbocycles. The van der Waals surface area contributed by atoms with Gasteiger partial charge in [0, 0.05) is 19.3 Å². The molecule has 0 aromatic carbocycles. The summed E-state index contributed by atoms with van der Waals surface area (Å²) >= 11 is 0. The second-order valence-corrected chi connectivity index (χ2v) is 13.1. The lowest BCUT2D eigenvalue weighted by atomic mass is 10.0.